The molecule has 0 bridgehead atoms. The monoisotopic (exact) mass is 292 g/mol. The summed E-state index contributed by atoms with van der Waals surface area (Å²) in [5.74, 6) is 0.912. The normalized spacial score (nSPS) is 16.5. The zero-order chi connectivity index (χ0) is 15.4. The maximum absolute atomic E-state index is 8.92. The van der Waals surface area contributed by atoms with E-state index in [2.05, 4.69) is 48.2 Å². The van der Waals surface area contributed by atoms with Crippen LogP contribution in [0.15, 0.2) is 48.5 Å². The number of fused-ring (bicyclic) bond motifs is 1. The molecule has 1 atom stereocenters. The maximum atomic E-state index is 8.92. The Morgan fingerprint density at radius 3 is 2.77 bits per heavy atom. The molecule has 1 aliphatic heterocycles. The molecule has 0 saturated heterocycles. The van der Waals surface area contributed by atoms with E-state index in [1.807, 2.05) is 18.2 Å². The molecule has 3 nitrogen and oxygen atoms in total. The van der Waals surface area contributed by atoms with Crippen molar-refractivity contribution in [2.75, 3.05) is 18.0 Å². The summed E-state index contributed by atoms with van der Waals surface area (Å²) in [4.78, 5) is 2.28. The Bertz CT molecular complexity index is 676. The Labute approximate surface area is 131 Å². The fourth-order valence-electron chi connectivity index (χ4n) is 2.86. The molecule has 1 aliphatic rings. The van der Waals surface area contributed by atoms with E-state index < -0.39 is 0 Å². The average Bonchev–Trinajstić information content (AvgIpc) is 2.59. The van der Waals surface area contributed by atoms with E-state index in [1.165, 1.54) is 11.1 Å². The van der Waals surface area contributed by atoms with Crippen molar-refractivity contribution in [2.45, 2.75) is 25.9 Å². The van der Waals surface area contributed by atoms with Gasteiger partial charge in [0.1, 0.15) is 11.9 Å². The quantitative estimate of drug-likeness (QED) is 0.851. The summed E-state index contributed by atoms with van der Waals surface area (Å²) in [6.07, 6.45) is 1.54. The molecule has 0 saturated carbocycles. The number of hydrogen-bond acceptors (Lipinski definition) is 3. The molecular formula is C19H20N2O. The van der Waals surface area contributed by atoms with Gasteiger partial charge in [-0.3, -0.25) is 0 Å². The largest absolute Gasteiger partial charge is 0.482 e. The van der Waals surface area contributed by atoms with Gasteiger partial charge in [-0.05, 0) is 29.7 Å². The van der Waals surface area contributed by atoms with Gasteiger partial charge in [0, 0.05) is 6.54 Å². The third-order valence-corrected chi connectivity index (χ3v) is 4.09. The summed E-state index contributed by atoms with van der Waals surface area (Å²) in [5.41, 5.74) is 3.58. The Balaban J connectivity index is 1.93. The van der Waals surface area contributed by atoms with Crippen molar-refractivity contribution in [2.24, 2.45) is 0 Å². The van der Waals surface area contributed by atoms with Crippen LogP contribution < -0.4 is 9.64 Å². The Hall–Kier alpha value is -2.47. The lowest BCUT2D eigenvalue weighted by Crippen LogP contribution is -2.36. The van der Waals surface area contributed by atoms with Crippen LogP contribution in [0.3, 0.4) is 0 Å². The molecule has 0 N–H and O–H groups in total. The van der Waals surface area contributed by atoms with Gasteiger partial charge in [0.15, 0.2) is 0 Å². The predicted octanol–water partition coefficient (Wildman–Crippen LogP) is 4.10. The van der Waals surface area contributed by atoms with Crippen LogP contribution in [0.4, 0.5) is 5.69 Å². The standard InChI is InChI=1S/C19H20N2O/c1-2-15-9-10-18-17(13-15)21(12-6-11-20)14-19(22-18)16-7-4-3-5-8-16/h3-5,7-10,13,19H,2,6,12,14H2,1H3. The van der Waals surface area contributed by atoms with Crippen LogP contribution >= 0.6 is 0 Å². The van der Waals surface area contributed by atoms with Crippen molar-refractivity contribution in [1.29, 1.82) is 5.26 Å². The van der Waals surface area contributed by atoms with Gasteiger partial charge in [0.2, 0.25) is 0 Å². The number of hydrogen-bond donors (Lipinski definition) is 0. The fraction of sp³-hybridized carbons (Fsp3) is 0.316. The molecule has 0 fully saturated rings. The van der Waals surface area contributed by atoms with Gasteiger partial charge in [0.25, 0.3) is 0 Å². The van der Waals surface area contributed by atoms with Crippen molar-refractivity contribution in [3.8, 4) is 11.8 Å². The Morgan fingerprint density at radius 1 is 1.23 bits per heavy atom. The second-order valence-corrected chi connectivity index (χ2v) is 5.53. The summed E-state index contributed by atoms with van der Waals surface area (Å²) in [6, 6.07) is 18.9. The fourth-order valence-corrected chi connectivity index (χ4v) is 2.86. The van der Waals surface area contributed by atoms with E-state index in [0.717, 1.165) is 30.9 Å². The van der Waals surface area contributed by atoms with Crippen molar-refractivity contribution >= 4 is 5.69 Å². The molecule has 0 spiro atoms. The molecule has 3 rings (SSSR count). The third kappa shape index (κ3) is 2.92. The highest BCUT2D eigenvalue weighted by Crippen LogP contribution is 2.38. The topological polar surface area (TPSA) is 36.3 Å². The van der Waals surface area contributed by atoms with Gasteiger partial charge >= 0.3 is 0 Å². The smallest absolute Gasteiger partial charge is 0.143 e. The second kappa shape index (κ2) is 6.53. The number of aryl methyl sites for hydroxylation is 1. The van der Waals surface area contributed by atoms with Crippen LogP contribution in [0.2, 0.25) is 0 Å². The van der Waals surface area contributed by atoms with Crippen molar-refractivity contribution in [1.82, 2.24) is 0 Å². The number of ether oxygens (including phenoxy) is 1. The summed E-state index contributed by atoms with van der Waals surface area (Å²) in [6.45, 7) is 3.67. The number of benzene rings is 2. The van der Waals surface area contributed by atoms with E-state index >= 15 is 0 Å². The lowest BCUT2D eigenvalue weighted by molar-refractivity contribution is 0.197. The van der Waals surface area contributed by atoms with Crippen LogP contribution in [0, 0.1) is 11.3 Å². The third-order valence-electron chi connectivity index (χ3n) is 4.09. The van der Waals surface area contributed by atoms with Gasteiger partial charge in [-0.25, -0.2) is 0 Å². The average molecular weight is 292 g/mol. The molecule has 112 valence electrons. The molecule has 0 radical (unpaired) electrons. The van der Waals surface area contributed by atoms with Crippen LogP contribution in [-0.2, 0) is 6.42 Å². The van der Waals surface area contributed by atoms with Gasteiger partial charge < -0.3 is 9.64 Å². The summed E-state index contributed by atoms with van der Waals surface area (Å²) >= 11 is 0. The molecule has 22 heavy (non-hydrogen) atoms. The van der Waals surface area contributed by atoms with Crippen LogP contribution in [0.25, 0.3) is 0 Å². The first-order valence-electron chi connectivity index (χ1n) is 7.78. The van der Waals surface area contributed by atoms with E-state index in [1.54, 1.807) is 0 Å². The van der Waals surface area contributed by atoms with E-state index in [0.29, 0.717) is 6.42 Å². The predicted molar refractivity (Wildman–Crippen MR) is 88.1 cm³/mol. The number of anilines is 1. The summed E-state index contributed by atoms with van der Waals surface area (Å²) < 4.78 is 6.20. The maximum Gasteiger partial charge on any atom is 0.143 e. The second-order valence-electron chi connectivity index (χ2n) is 5.53. The van der Waals surface area contributed by atoms with Gasteiger partial charge in [0.05, 0.1) is 24.7 Å². The molecular weight excluding hydrogens is 272 g/mol. The minimum absolute atomic E-state index is 0.0138. The van der Waals surface area contributed by atoms with Gasteiger partial charge in [-0.2, -0.15) is 5.26 Å². The zero-order valence-electron chi connectivity index (χ0n) is 12.8. The molecule has 1 unspecified atom stereocenters. The number of nitriles is 1. The molecule has 1 heterocycles. The molecule has 3 heteroatoms. The number of rotatable bonds is 4. The first-order chi connectivity index (χ1) is 10.8. The van der Waals surface area contributed by atoms with E-state index in [-0.39, 0.29) is 6.10 Å². The van der Waals surface area contributed by atoms with Crippen LogP contribution in [-0.4, -0.2) is 13.1 Å². The molecule has 0 aromatic heterocycles. The first kappa shape index (κ1) is 14.5. The highest BCUT2D eigenvalue weighted by atomic mass is 16.5. The minimum atomic E-state index is 0.0138. The Kier molecular flexibility index (Phi) is 4.29. The highest BCUT2D eigenvalue weighted by Gasteiger charge is 2.26. The molecule has 2 aromatic rings. The van der Waals surface area contributed by atoms with Crippen molar-refractivity contribution < 1.29 is 4.74 Å². The van der Waals surface area contributed by atoms with Crippen molar-refractivity contribution in [3.63, 3.8) is 0 Å². The molecule has 0 aliphatic carbocycles. The lowest BCUT2D eigenvalue weighted by atomic mass is 10.0. The summed E-state index contributed by atoms with van der Waals surface area (Å²) in [7, 11) is 0. The lowest BCUT2D eigenvalue weighted by Gasteiger charge is -2.36. The SMILES string of the molecule is CCc1ccc2c(c1)N(CCC#N)CC(c1ccccc1)O2. The van der Waals surface area contributed by atoms with Crippen LogP contribution in [0.5, 0.6) is 5.75 Å². The Morgan fingerprint density at radius 2 is 2.05 bits per heavy atom. The minimum Gasteiger partial charge on any atom is -0.482 e. The van der Waals surface area contributed by atoms with Crippen molar-refractivity contribution in [3.05, 3.63) is 59.7 Å². The van der Waals surface area contributed by atoms with Crippen LogP contribution in [0.1, 0.15) is 30.6 Å². The van der Waals surface area contributed by atoms with E-state index in [9.17, 15) is 0 Å². The molecule has 2 aromatic carbocycles. The first-order valence-corrected chi connectivity index (χ1v) is 7.78. The number of nitrogens with zero attached hydrogens (tertiary/aromatic N) is 2. The highest BCUT2D eigenvalue weighted by molar-refractivity contribution is 5.62. The van der Waals surface area contributed by atoms with E-state index in [4.69, 9.17) is 10.00 Å². The zero-order valence-corrected chi connectivity index (χ0v) is 12.8. The van der Waals surface area contributed by atoms with Gasteiger partial charge in [-0.1, -0.05) is 43.3 Å². The van der Waals surface area contributed by atoms with Gasteiger partial charge in [-0.15, -0.1) is 0 Å². The molecule has 0 amide bonds. The summed E-state index contributed by atoms with van der Waals surface area (Å²) in [5, 5.41) is 8.92.